The van der Waals surface area contributed by atoms with E-state index in [1.54, 1.807) is 0 Å². The van der Waals surface area contributed by atoms with Gasteiger partial charge in [-0.15, -0.1) is 0 Å². The lowest BCUT2D eigenvalue weighted by Crippen LogP contribution is -2.26. The third kappa shape index (κ3) is 1.65. The number of hydrogen-bond acceptors (Lipinski definition) is 1. The molecule has 0 radical (unpaired) electrons. The standard InChI is InChI=1S/C17H20O/c1-2-3-6-13-11-16(18)17(12-13)10-9-14-7-4-5-8-15(14)17/h4-5,7-10,13H,2-3,6,11-12H2,1H3/t13-,17+/m1/s1. The van der Waals surface area contributed by atoms with Crippen molar-refractivity contribution in [3.05, 3.63) is 41.5 Å². The number of Topliss-reactive ketones (excluding diaryl/α,β-unsaturated/α-hetero) is 1. The highest BCUT2D eigenvalue weighted by molar-refractivity contribution is 5.98. The summed E-state index contributed by atoms with van der Waals surface area (Å²) in [5.74, 6) is 1.03. The molecule has 0 bridgehead atoms. The highest BCUT2D eigenvalue weighted by Gasteiger charge is 2.48. The SMILES string of the molecule is CCCC[C@@H]1CC(=O)[C@@]2(C=Cc3ccccc32)C1. The van der Waals surface area contributed by atoms with Crippen molar-refractivity contribution in [2.75, 3.05) is 0 Å². The zero-order valence-electron chi connectivity index (χ0n) is 11.0. The van der Waals surface area contributed by atoms with Crippen LogP contribution in [0.4, 0.5) is 0 Å². The number of carbonyl (C=O) groups excluding carboxylic acids is 1. The van der Waals surface area contributed by atoms with E-state index in [0.717, 1.165) is 12.8 Å². The van der Waals surface area contributed by atoms with E-state index in [-0.39, 0.29) is 5.41 Å². The fourth-order valence-corrected chi connectivity index (χ4v) is 3.57. The topological polar surface area (TPSA) is 17.1 Å². The summed E-state index contributed by atoms with van der Waals surface area (Å²) in [6.45, 7) is 2.22. The van der Waals surface area contributed by atoms with E-state index in [1.165, 1.54) is 30.4 Å². The molecule has 0 amide bonds. The molecule has 1 heteroatoms. The lowest BCUT2D eigenvalue weighted by atomic mass is 9.79. The molecule has 2 aliphatic rings. The normalized spacial score (nSPS) is 29.2. The highest BCUT2D eigenvalue weighted by atomic mass is 16.1. The van der Waals surface area contributed by atoms with Crippen molar-refractivity contribution in [3.8, 4) is 0 Å². The van der Waals surface area contributed by atoms with Gasteiger partial charge < -0.3 is 0 Å². The van der Waals surface area contributed by atoms with Gasteiger partial charge in [0.05, 0.1) is 5.41 Å². The maximum atomic E-state index is 12.5. The van der Waals surface area contributed by atoms with Crippen LogP contribution in [-0.2, 0) is 10.2 Å². The first-order chi connectivity index (χ1) is 8.76. The minimum Gasteiger partial charge on any atom is -0.298 e. The van der Waals surface area contributed by atoms with Crippen LogP contribution in [0.5, 0.6) is 0 Å². The number of benzene rings is 1. The Morgan fingerprint density at radius 2 is 2.17 bits per heavy atom. The molecule has 2 aliphatic carbocycles. The van der Waals surface area contributed by atoms with Crippen LogP contribution in [-0.4, -0.2) is 5.78 Å². The summed E-state index contributed by atoms with van der Waals surface area (Å²) in [7, 11) is 0. The van der Waals surface area contributed by atoms with Crippen molar-refractivity contribution >= 4 is 11.9 Å². The number of carbonyl (C=O) groups is 1. The molecule has 0 aliphatic heterocycles. The molecule has 1 spiro atoms. The molecule has 2 atom stereocenters. The lowest BCUT2D eigenvalue weighted by molar-refractivity contribution is -0.120. The van der Waals surface area contributed by atoms with Crippen molar-refractivity contribution in [2.24, 2.45) is 5.92 Å². The molecule has 0 N–H and O–H groups in total. The average molecular weight is 240 g/mol. The fourth-order valence-electron chi connectivity index (χ4n) is 3.57. The third-order valence-corrected chi connectivity index (χ3v) is 4.54. The average Bonchev–Trinajstić information content (AvgIpc) is 2.91. The van der Waals surface area contributed by atoms with Gasteiger partial charge in [-0.25, -0.2) is 0 Å². The molecule has 0 heterocycles. The molecule has 0 saturated heterocycles. The van der Waals surface area contributed by atoms with Gasteiger partial charge in [-0.1, -0.05) is 56.2 Å². The van der Waals surface area contributed by atoms with Crippen LogP contribution in [0.1, 0.15) is 50.2 Å². The van der Waals surface area contributed by atoms with Gasteiger partial charge in [-0.05, 0) is 29.9 Å². The van der Waals surface area contributed by atoms with E-state index in [0.29, 0.717) is 11.7 Å². The number of unbranched alkanes of at least 4 members (excludes halogenated alkanes) is 1. The van der Waals surface area contributed by atoms with Crippen molar-refractivity contribution < 1.29 is 4.79 Å². The second-order valence-corrected chi connectivity index (χ2v) is 5.73. The molecule has 1 aromatic rings. The maximum absolute atomic E-state index is 12.5. The van der Waals surface area contributed by atoms with E-state index in [4.69, 9.17) is 0 Å². The molecule has 1 saturated carbocycles. The Morgan fingerprint density at radius 3 is 3.00 bits per heavy atom. The van der Waals surface area contributed by atoms with Crippen molar-refractivity contribution in [1.82, 2.24) is 0 Å². The van der Waals surface area contributed by atoms with Crippen molar-refractivity contribution in [3.63, 3.8) is 0 Å². The van der Waals surface area contributed by atoms with Crippen LogP contribution in [0.15, 0.2) is 30.3 Å². The van der Waals surface area contributed by atoms with Gasteiger partial charge in [-0.2, -0.15) is 0 Å². The zero-order chi connectivity index (χ0) is 12.6. The smallest absolute Gasteiger partial charge is 0.147 e. The van der Waals surface area contributed by atoms with Crippen LogP contribution >= 0.6 is 0 Å². The second kappa shape index (κ2) is 4.38. The Labute approximate surface area is 109 Å². The van der Waals surface area contributed by atoms with Crippen LogP contribution in [0.2, 0.25) is 0 Å². The third-order valence-electron chi connectivity index (χ3n) is 4.54. The molecule has 1 fully saturated rings. The van der Waals surface area contributed by atoms with Gasteiger partial charge >= 0.3 is 0 Å². The summed E-state index contributed by atoms with van der Waals surface area (Å²) in [4.78, 5) is 12.5. The van der Waals surface area contributed by atoms with E-state index in [2.05, 4.69) is 43.3 Å². The van der Waals surface area contributed by atoms with Crippen molar-refractivity contribution in [1.29, 1.82) is 0 Å². The number of rotatable bonds is 3. The van der Waals surface area contributed by atoms with Gasteiger partial charge in [0.2, 0.25) is 0 Å². The predicted octanol–water partition coefficient (Wildman–Crippen LogP) is 4.12. The molecule has 0 unspecified atom stereocenters. The molecule has 1 aromatic carbocycles. The zero-order valence-corrected chi connectivity index (χ0v) is 11.0. The van der Waals surface area contributed by atoms with Crippen LogP contribution in [0.3, 0.4) is 0 Å². The molecule has 3 rings (SSSR count). The fraction of sp³-hybridized carbons (Fsp3) is 0.471. The molecule has 0 aromatic heterocycles. The van der Waals surface area contributed by atoms with Crippen LogP contribution < -0.4 is 0 Å². The number of hydrogen-bond donors (Lipinski definition) is 0. The Kier molecular flexibility index (Phi) is 2.85. The van der Waals surface area contributed by atoms with Gasteiger partial charge in [0.1, 0.15) is 5.78 Å². The van der Waals surface area contributed by atoms with Gasteiger partial charge in [0.15, 0.2) is 0 Å². The van der Waals surface area contributed by atoms with E-state index in [1.807, 2.05) is 0 Å². The first-order valence-corrected chi connectivity index (χ1v) is 7.08. The number of ketones is 1. The van der Waals surface area contributed by atoms with Crippen LogP contribution in [0, 0.1) is 5.92 Å². The Balaban J connectivity index is 1.89. The maximum Gasteiger partial charge on any atom is 0.147 e. The summed E-state index contributed by atoms with van der Waals surface area (Å²) in [6, 6.07) is 8.36. The molecular weight excluding hydrogens is 220 g/mol. The van der Waals surface area contributed by atoms with E-state index >= 15 is 0 Å². The predicted molar refractivity (Wildman–Crippen MR) is 74.4 cm³/mol. The lowest BCUT2D eigenvalue weighted by Gasteiger charge is -2.22. The first kappa shape index (κ1) is 11.7. The summed E-state index contributed by atoms with van der Waals surface area (Å²) < 4.78 is 0. The molecule has 94 valence electrons. The molecule has 1 nitrogen and oxygen atoms in total. The molecule has 18 heavy (non-hydrogen) atoms. The van der Waals surface area contributed by atoms with Crippen LogP contribution in [0.25, 0.3) is 6.08 Å². The summed E-state index contributed by atoms with van der Waals surface area (Å²) in [5.41, 5.74) is 2.21. The minimum atomic E-state index is -0.269. The highest BCUT2D eigenvalue weighted by Crippen LogP contribution is 2.48. The second-order valence-electron chi connectivity index (χ2n) is 5.73. The summed E-state index contributed by atoms with van der Waals surface area (Å²) in [5, 5.41) is 0. The Morgan fingerprint density at radius 1 is 1.33 bits per heavy atom. The van der Waals surface area contributed by atoms with E-state index in [9.17, 15) is 4.79 Å². The van der Waals surface area contributed by atoms with Gasteiger partial charge in [0.25, 0.3) is 0 Å². The Bertz CT molecular complexity index is 500. The molecular formula is C17H20O. The monoisotopic (exact) mass is 240 g/mol. The quantitative estimate of drug-likeness (QED) is 0.776. The van der Waals surface area contributed by atoms with E-state index < -0.39 is 0 Å². The summed E-state index contributed by atoms with van der Waals surface area (Å²) >= 11 is 0. The van der Waals surface area contributed by atoms with Crippen molar-refractivity contribution in [2.45, 2.75) is 44.4 Å². The first-order valence-electron chi connectivity index (χ1n) is 7.08. The summed E-state index contributed by atoms with van der Waals surface area (Å²) in [6.07, 6.45) is 9.78. The largest absolute Gasteiger partial charge is 0.298 e. The number of fused-ring (bicyclic) bond motifs is 2. The van der Waals surface area contributed by atoms with Gasteiger partial charge in [-0.3, -0.25) is 4.79 Å². The Hall–Kier alpha value is -1.37. The van der Waals surface area contributed by atoms with Gasteiger partial charge in [0, 0.05) is 6.42 Å². The number of allylic oxidation sites excluding steroid dienone is 1. The minimum absolute atomic E-state index is 0.269.